The molecular weight excluding hydrogens is 1230 g/mol. The number of rotatable bonds is 23. The molecule has 4 amide bonds. The second kappa shape index (κ2) is 38.7. The maximum absolute atomic E-state index is 13.5. The van der Waals surface area contributed by atoms with Crippen molar-refractivity contribution in [3.63, 3.8) is 0 Å². The Hall–Kier alpha value is -9.62. The highest BCUT2D eigenvalue weighted by Crippen LogP contribution is 2.39. The number of piperazine rings is 2. The van der Waals surface area contributed by atoms with Crippen molar-refractivity contribution in [1.29, 1.82) is 0 Å². The predicted molar refractivity (Wildman–Crippen MR) is 365 cm³/mol. The molecule has 0 aliphatic carbocycles. The van der Waals surface area contributed by atoms with Gasteiger partial charge in [0.05, 0.1) is 54.7 Å². The van der Waals surface area contributed by atoms with Crippen LogP contribution in [-0.4, -0.2) is 203 Å². The lowest BCUT2D eigenvalue weighted by Gasteiger charge is -2.40. The maximum atomic E-state index is 13.5. The molecule has 24 nitrogen and oxygen atoms in total. The van der Waals surface area contributed by atoms with Crippen LogP contribution in [0.15, 0.2) is 146 Å². The Kier molecular flexibility index (Phi) is 31.1. The van der Waals surface area contributed by atoms with E-state index in [1.165, 1.54) is 43.6 Å². The third-order valence-electron chi connectivity index (χ3n) is 14.8. The Bertz CT molecular complexity index is 3230. The van der Waals surface area contributed by atoms with Gasteiger partial charge in [0, 0.05) is 65.4 Å². The molecule has 6 aromatic carbocycles. The summed E-state index contributed by atoms with van der Waals surface area (Å²) in [6, 6.07) is 49.9. The molecule has 2 heterocycles. The molecule has 2 aliphatic rings. The normalized spacial score (nSPS) is 13.1. The standard InChI is InChI=1S/C36H46N4O7.C17H20N2.C10H15NO3.C9H15NO6/c1-36(2,3)47-35(43)40(24-31(41)37-23-26-21-29(44-4)34(46-6)30(22-26)45-5)25-32(42)38-17-19-39(20-18-38)33(27-13-9-7-10-14-27)28-15-11-8-12-16-28;1-3-7-15(8-4-1)17(16-9-5-2-6-10-16)19-13-11-18-12-14-19;1-12-8-4-7(6-11)5-9(13-2)10(8)14-3;1-9(2,3)16-8(15)10(4-6(11)12)5-7(13)14/h7-16,21-22,33H,17-20,23-25H2,1-6H3,(H,37,41);1-10,17-18H,11-14H2;4-5H,6,11H2,1-3H3;4-5H2,1-3H3,(H,11,12)(H,13,14). The number of nitrogens with two attached hydrogens (primary N) is 1. The van der Waals surface area contributed by atoms with Crippen molar-refractivity contribution < 1.29 is 76.9 Å². The van der Waals surface area contributed by atoms with Crippen molar-refractivity contribution in [2.45, 2.75) is 77.9 Å². The van der Waals surface area contributed by atoms with Crippen LogP contribution in [0.4, 0.5) is 9.59 Å². The van der Waals surface area contributed by atoms with Crippen molar-refractivity contribution in [3.8, 4) is 34.5 Å². The summed E-state index contributed by atoms with van der Waals surface area (Å²) >= 11 is 0. The Balaban J connectivity index is 0.000000275. The maximum Gasteiger partial charge on any atom is 0.411 e. The third kappa shape index (κ3) is 24.9. The van der Waals surface area contributed by atoms with E-state index >= 15 is 0 Å². The fraction of sp³-hybridized carbons (Fsp3) is 0.417. The second-order valence-corrected chi connectivity index (χ2v) is 24.2. The lowest BCUT2D eigenvalue weighted by molar-refractivity contribution is -0.142. The summed E-state index contributed by atoms with van der Waals surface area (Å²) in [4.78, 5) is 80.5. The number of carbonyl (C=O) groups is 6. The van der Waals surface area contributed by atoms with Crippen LogP contribution < -0.4 is 44.8 Å². The van der Waals surface area contributed by atoms with Gasteiger partial charge in [-0.15, -0.1) is 0 Å². The van der Waals surface area contributed by atoms with Gasteiger partial charge in [-0.3, -0.25) is 38.8 Å². The van der Waals surface area contributed by atoms with E-state index in [1.54, 1.807) is 79.9 Å². The van der Waals surface area contributed by atoms with Gasteiger partial charge < -0.3 is 69.4 Å². The van der Waals surface area contributed by atoms with Gasteiger partial charge >= 0.3 is 24.1 Å². The smallest absolute Gasteiger partial charge is 0.411 e. The molecule has 2 aliphatic heterocycles. The van der Waals surface area contributed by atoms with Crippen LogP contribution in [0, 0.1) is 0 Å². The average molecular weight is 1330 g/mol. The molecule has 0 atom stereocenters. The molecule has 0 saturated carbocycles. The molecule has 0 unspecified atom stereocenters. The van der Waals surface area contributed by atoms with E-state index in [2.05, 4.69) is 105 Å². The van der Waals surface area contributed by atoms with Crippen LogP contribution in [0.25, 0.3) is 0 Å². The Labute approximate surface area is 564 Å². The van der Waals surface area contributed by atoms with Gasteiger partial charge in [0.15, 0.2) is 23.0 Å². The minimum absolute atomic E-state index is 0.0576. The minimum Gasteiger partial charge on any atom is -0.493 e. The van der Waals surface area contributed by atoms with Crippen LogP contribution in [0.3, 0.4) is 0 Å². The number of ether oxygens (including phenoxy) is 8. The van der Waals surface area contributed by atoms with Gasteiger partial charge in [-0.05, 0) is 99.2 Å². The summed E-state index contributed by atoms with van der Waals surface area (Å²) in [5, 5.41) is 23.3. The van der Waals surface area contributed by atoms with Crippen LogP contribution in [0.2, 0.25) is 0 Å². The van der Waals surface area contributed by atoms with Crippen LogP contribution in [0.5, 0.6) is 34.5 Å². The van der Waals surface area contributed by atoms with Crippen molar-refractivity contribution in [2.75, 3.05) is 121 Å². The molecule has 6 N–H and O–H groups in total. The SMILES string of the molecule is CC(C)(C)OC(=O)N(CC(=O)O)CC(=O)O.COc1cc(CN)cc(OC)c1OC.COc1cc(CNC(=O)CN(CC(=O)N2CCN(C(c3ccccc3)c3ccccc3)CC2)C(=O)OC(C)(C)C)cc(OC)c1OC.c1ccc(C(c2ccccc2)N2CCNCC2)cc1. The molecule has 6 aromatic rings. The lowest BCUT2D eigenvalue weighted by atomic mass is 9.96. The zero-order valence-corrected chi connectivity index (χ0v) is 57.3. The molecule has 0 bridgehead atoms. The van der Waals surface area contributed by atoms with E-state index in [0.29, 0.717) is 83.7 Å². The van der Waals surface area contributed by atoms with Gasteiger partial charge in [-0.25, -0.2) is 9.59 Å². The Morgan fingerprint density at radius 2 is 0.812 bits per heavy atom. The zero-order valence-electron chi connectivity index (χ0n) is 57.3. The molecular formula is C72H96N8O16. The van der Waals surface area contributed by atoms with E-state index in [0.717, 1.165) is 36.6 Å². The monoisotopic (exact) mass is 1330 g/mol. The van der Waals surface area contributed by atoms with E-state index in [9.17, 15) is 28.8 Å². The Morgan fingerprint density at radius 3 is 1.12 bits per heavy atom. The molecule has 96 heavy (non-hydrogen) atoms. The highest BCUT2D eigenvalue weighted by molar-refractivity contribution is 5.87. The van der Waals surface area contributed by atoms with Crippen LogP contribution in [0.1, 0.15) is 87.0 Å². The number of carboxylic acid groups (broad SMARTS) is 2. The van der Waals surface area contributed by atoms with Gasteiger partial charge in [0.2, 0.25) is 23.3 Å². The number of hydrogen-bond acceptors (Lipinski definition) is 18. The number of methoxy groups -OCH3 is 6. The number of nitrogens with one attached hydrogen (secondary N) is 2. The summed E-state index contributed by atoms with van der Waals surface area (Å²) in [6.07, 6.45) is -1.70. The fourth-order valence-electron chi connectivity index (χ4n) is 10.5. The van der Waals surface area contributed by atoms with Crippen molar-refractivity contribution >= 4 is 35.9 Å². The minimum atomic E-state index is -1.30. The third-order valence-corrected chi connectivity index (χ3v) is 14.8. The molecule has 0 aromatic heterocycles. The second-order valence-electron chi connectivity index (χ2n) is 24.2. The molecule has 8 rings (SSSR count). The van der Waals surface area contributed by atoms with Gasteiger partial charge in [-0.1, -0.05) is 121 Å². The van der Waals surface area contributed by atoms with E-state index < -0.39 is 54.3 Å². The summed E-state index contributed by atoms with van der Waals surface area (Å²) in [5.41, 5.74) is 10.7. The summed E-state index contributed by atoms with van der Waals surface area (Å²) in [7, 11) is 9.28. The average Bonchev–Trinajstić information content (AvgIpc) is 0.957. The first kappa shape index (κ1) is 77.1. The molecule has 2 fully saturated rings. The zero-order chi connectivity index (χ0) is 70.4. The lowest BCUT2D eigenvalue weighted by Crippen LogP contribution is -2.53. The van der Waals surface area contributed by atoms with Crippen LogP contribution >= 0.6 is 0 Å². The highest BCUT2D eigenvalue weighted by atomic mass is 16.6. The van der Waals surface area contributed by atoms with Gasteiger partial charge in [0.25, 0.3) is 0 Å². The number of aliphatic carboxylic acids is 2. The van der Waals surface area contributed by atoms with Crippen molar-refractivity contribution in [2.24, 2.45) is 5.73 Å². The first-order valence-electron chi connectivity index (χ1n) is 31.5. The molecule has 520 valence electrons. The summed E-state index contributed by atoms with van der Waals surface area (Å²) < 4.78 is 42.1. The quantitative estimate of drug-likeness (QED) is 0.0401. The Morgan fingerprint density at radius 1 is 0.479 bits per heavy atom. The molecule has 0 radical (unpaired) electrons. The summed E-state index contributed by atoms with van der Waals surface area (Å²) in [5.74, 6) is -0.0889. The largest absolute Gasteiger partial charge is 0.493 e. The van der Waals surface area contributed by atoms with E-state index in [1.807, 2.05) is 48.5 Å². The van der Waals surface area contributed by atoms with E-state index in [-0.39, 0.29) is 31.6 Å². The number of carbonyl (C=O) groups excluding carboxylic acids is 4. The fourth-order valence-corrected chi connectivity index (χ4v) is 10.5. The van der Waals surface area contributed by atoms with Crippen molar-refractivity contribution in [1.82, 2.24) is 35.1 Å². The number of benzene rings is 6. The highest BCUT2D eigenvalue weighted by Gasteiger charge is 2.33. The van der Waals surface area contributed by atoms with E-state index in [4.69, 9.17) is 53.8 Å². The predicted octanol–water partition coefficient (Wildman–Crippen LogP) is 8.74. The molecule has 0 spiro atoms. The van der Waals surface area contributed by atoms with Gasteiger partial charge in [-0.2, -0.15) is 0 Å². The summed E-state index contributed by atoms with van der Waals surface area (Å²) in [6.45, 7) is 15.2. The van der Waals surface area contributed by atoms with Crippen LogP contribution in [-0.2, 0) is 41.7 Å². The first-order valence-corrected chi connectivity index (χ1v) is 31.5. The number of nitrogens with zero attached hydrogens (tertiary/aromatic N) is 5. The first-order chi connectivity index (χ1) is 45.8. The molecule has 24 heteroatoms. The molecule has 2 saturated heterocycles. The van der Waals surface area contributed by atoms with Gasteiger partial charge in [0.1, 0.15) is 37.4 Å². The number of carboxylic acids is 2. The topological polar surface area (TPSA) is 283 Å². The van der Waals surface area contributed by atoms with Crippen molar-refractivity contribution in [3.05, 3.63) is 179 Å². The number of hydrogen-bond donors (Lipinski definition) is 5. The number of amides is 4.